The Labute approximate surface area is 128 Å². The van der Waals surface area contributed by atoms with E-state index in [-0.39, 0.29) is 18.1 Å². The molecule has 0 saturated carbocycles. The van der Waals surface area contributed by atoms with E-state index in [9.17, 15) is 4.79 Å². The van der Waals surface area contributed by atoms with Crippen LogP contribution in [0.25, 0.3) is 0 Å². The van der Waals surface area contributed by atoms with Gasteiger partial charge in [0.2, 0.25) is 5.91 Å². The summed E-state index contributed by atoms with van der Waals surface area (Å²) in [6.07, 6.45) is 2.18. The topological polar surface area (TPSA) is 35.6 Å². The molecular weight excluding hydrogens is 262 g/mol. The van der Waals surface area contributed by atoms with Crippen molar-refractivity contribution in [2.45, 2.75) is 38.9 Å². The van der Waals surface area contributed by atoms with E-state index in [1.165, 1.54) is 11.1 Å². The first-order valence-electron chi connectivity index (χ1n) is 7.77. The Morgan fingerprint density at radius 3 is 2.71 bits per heavy atom. The van der Waals surface area contributed by atoms with Crippen molar-refractivity contribution >= 4 is 5.91 Å². The van der Waals surface area contributed by atoms with Crippen LogP contribution in [-0.4, -0.2) is 48.9 Å². The van der Waals surface area contributed by atoms with Crippen LogP contribution in [0, 0.1) is 6.92 Å². The van der Waals surface area contributed by atoms with Crippen LogP contribution in [0.5, 0.6) is 0 Å². The fourth-order valence-corrected chi connectivity index (χ4v) is 2.84. The molecule has 0 spiro atoms. The predicted octanol–water partition coefficient (Wildman–Crippen LogP) is 2.16. The number of rotatable bonds is 6. The summed E-state index contributed by atoms with van der Waals surface area (Å²) in [7, 11) is 4.17. The molecule has 1 aromatic rings. The fraction of sp³-hybridized carbons (Fsp3) is 0.588. The lowest BCUT2D eigenvalue weighted by molar-refractivity contribution is -0.129. The van der Waals surface area contributed by atoms with E-state index in [4.69, 9.17) is 0 Å². The molecule has 1 aliphatic rings. The molecule has 21 heavy (non-hydrogen) atoms. The lowest BCUT2D eigenvalue weighted by atomic mass is 10.1. The third kappa shape index (κ3) is 4.05. The van der Waals surface area contributed by atoms with Gasteiger partial charge < -0.3 is 9.80 Å². The molecular formula is C17H27N3O. The van der Waals surface area contributed by atoms with Crippen LogP contribution in [0.4, 0.5) is 0 Å². The number of carbonyl (C=O) groups is 1. The highest BCUT2D eigenvalue weighted by Crippen LogP contribution is 2.26. The second-order valence-corrected chi connectivity index (χ2v) is 6.25. The summed E-state index contributed by atoms with van der Waals surface area (Å²) >= 11 is 0. The molecule has 1 aliphatic heterocycles. The minimum Gasteiger partial charge on any atom is -0.322 e. The molecule has 1 amide bonds. The standard InChI is InChI=1S/C17H27N3O/c1-13-8-7-9-15(12-13)16-18-14(2)17(21)20(16)11-6-5-10-19(3)4/h7-9,12,14,16,18H,5-6,10-11H2,1-4H3. The molecule has 1 saturated heterocycles. The highest BCUT2D eigenvalue weighted by molar-refractivity contribution is 5.84. The molecule has 116 valence electrons. The number of benzene rings is 1. The SMILES string of the molecule is Cc1cccc(C2NC(C)C(=O)N2CCCCN(C)C)c1. The molecule has 0 radical (unpaired) electrons. The van der Waals surface area contributed by atoms with Gasteiger partial charge in [-0.1, -0.05) is 29.8 Å². The monoisotopic (exact) mass is 289 g/mol. The van der Waals surface area contributed by atoms with Gasteiger partial charge in [-0.15, -0.1) is 0 Å². The van der Waals surface area contributed by atoms with Crippen LogP contribution < -0.4 is 5.32 Å². The Morgan fingerprint density at radius 2 is 2.05 bits per heavy atom. The third-order valence-electron chi connectivity index (χ3n) is 3.99. The van der Waals surface area contributed by atoms with E-state index in [1.807, 2.05) is 11.8 Å². The summed E-state index contributed by atoms with van der Waals surface area (Å²) in [6, 6.07) is 8.32. The minimum absolute atomic E-state index is 0.0201. The Balaban J connectivity index is 2.03. The zero-order valence-electron chi connectivity index (χ0n) is 13.6. The summed E-state index contributed by atoms with van der Waals surface area (Å²) in [5, 5.41) is 3.41. The van der Waals surface area contributed by atoms with Crippen LogP contribution in [-0.2, 0) is 4.79 Å². The van der Waals surface area contributed by atoms with Gasteiger partial charge in [0.15, 0.2) is 0 Å². The lowest BCUT2D eigenvalue weighted by Crippen LogP contribution is -2.32. The maximum atomic E-state index is 12.4. The van der Waals surface area contributed by atoms with E-state index < -0.39 is 0 Å². The highest BCUT2D eigenvalue weighted by Gasteiger charge is 2.36. The first kappa shape index (κ1) is 16.0. The van der Waals surface area contributed by atoms with Crippen molar-refractivity contribution in [1.29, 1.82) is 0 Å². The molecule has 2 rings (SSSR count). The van der Waals surface area contributed by atoms with E-state index >= 15 is 0 Å². The Hall–Kier alpha value is -1.39. The van der Waals surface area contributed by atoms with Crippen LogP contribution >= 0.6 is 0 Å². The molecule has 1 heterocycles. The fourth-order valence-electron chi connectivity index (χ4n) is 2.84. The Kier molecular flexibility index (Phi) is 5.37. The molecule has 1 N–H and O–H groups in total. The average molecular weight is 289 g/mol. The van der Waals surface area contributed by atoms with Gasteiger partial charge in [0.05, 0.1) is 6.04 Å². The summed E-state index contributed by atoms with van der Waals surface area (Å²) < 4.78 is 0. The summed E-state index contributed by atoms with van der Waals surface area (Å²) in [6.45, 7) is 5.93. The minimum atomic E-state index is -0.0932. The quantitative estimate of drug-likeness (QED) is 0.815. The van der Waals surface area contributed by atoms with E-state index in [2.05, 4.69) is 55.5 Å². The van der Waals surface area contributed by atoms with Crippen molar-refractivity contribution in [2.24, 2.45) is 0 Å². The normalized spacial score (nSPS) is 22.3. The molecule has 4 nitrogen and oxygen atoms in total. The number of hydrogen-bond acceptors (Lipinski definition) is 3. The number of unbranched alkanes of at least 4 members (excludes halogenated alkanes) is 1. The summed E-state index contributed by atoms with van der Waals surface area (Å²) in [5.41, 5.74) is 2.41. The molecule has 0 bridgehead atoms. The smallest absolute Gasteiger partial charge is 0.241 e. The van der Waals surface area contributed by atoms with Gasteiger partial charge in [-0.3, -0.25) is 10.1 Å². The Morgan fingerprint density at radius 1 is 1.29 bits per heavy atom. The van der Waals surface area contributed by atoms with Crippen LogP contribution in [0.15, 0.2) is 24.3 Å². The van der Waals surface area contributed by atoms with Gasteiger partial charge in [0.25, 0.3) is 0 Å². The number of aryl methyl sites for hydroxylation is 1. The molecule has 0 aromatic heterocycles. The largest absolute Gasteiger partial charge is 0.322 e. The second kappa shape index (κ2) is 7.05. The maximum absolute atomic E-state index is 12.4. The van der Waals surface area contributed by atoms with Crippen molar-refractivity contribution in [2.75, 3.05) is 27.2 Å². The van der Waals surface area contributed by atoms with Crippen LogP contribution in [0.2, 0.25) is 0 Å². The molecule has 1 aromatic carbocycles. The first-order valence-corrected chi connectivity index (χ1v) is 7.77. The van der Waals surface area contributed by atoms with Crippen molar-refractivity contribution in [3.63, 3.8) is 0 Å². The molecule has 0 aliphatic carbocycles. The second-order valence-electron chi connectivity index (χ2n) is 6.25. The highest BCUT2D eigenvalue weighted by atomic mass is 16.2. The molecule has 2 atom stereocenters. The van der Waals surface area contributed by atoms with Gasteiger partial charge in [0, 0.05) is 6.54 Å². The van der Waals surface area contributed by atoms with Gasteiger partial charge in [-0.25, -0.2) is 0 Å². The van der Waals surface area contributed by atoms with Crippen LogP contribution in [0.3, 0.4) is 0 Å². The number of nitrogens with zero attached hydrogens (tertiary/aromatic N) is 2. The van der Waals surface area contributed by atoms with E-state index in [0.717, 1.165) is 25.9 Å². The lowest BCUT2D eigenvalue weighted by Gasteiger charge is -2.25. The van der Waals surface area contributed by atoms with Gasteiger partial charge >= 0.3 is 0 Å². The number of amides is 1. The number of carbonyl (C=O) groups excluding carboxylic acids is 1. The van der Waals surface area contributed by atoms with Crippen LogP contribution in [0.1, 0.15) is 37.1 Å². The van der Waals surface area contributed by atoms with Crippen molar-refractivity contribution in [1.82, 2.24) is 15.1 Å². The third-order valence-corrected chi connectivity index (χ3v) is 3.99. The summed E-state index contributed by atoms with van der Waals surface area (Å²) in [5.74, 6) is 0.214. The maximum Gasteiger partial charge on any atom is 0.241 e. The van der Waals surface area contributed by atoms with E-state index in [1.54, 1.807) is 0 Å². The zero-order chi connectivity index (χ0) is 15.4. The predicted molar refractivity (Wildman–Crippen MR) is 86.0 cm³/mol. The van der Waals surface area contributed by atoms with Crippen molar-refractivity contribution < 1.29 is 4.79 Å². The van der Waals surface area contributed by atoms with E-state index in [0.29, 0.717) is 0 Å². The van der Waals surface area contributed by atoms with Gasteiger partial charge in [-0.05, 0) is 52.9 Å². The van der Waals surface area contributed by atoms with Crippen molar-refractivity contribution in [3.05, 3.63) is 35.4 Å². The first-order chi connectivity index (χ1) is 9.99. The van der Waals surface area contributed by atoms with Gasteiger partial charge in [0.1, 0.15) is 6.17 Å². The molecule has 4 heteroatoms. The zero-order valence-corrected chi connectivity index (χ0v) is 13.6. The summed E-state index contributed by atoms with van der Waals surface area (Å²) in [4.78, 5) is 16.5. The van der Waals surface area contributed by atoms with Crippen molar-refractivity contribution in [3.8, 4) is 0 Å². The van der Waals surface area contributed by atoms with Gasteiger partial charge in [-0.2, -0.15) is 0 Å². The molecule has 2 unspecified atom stereocenters. The average Bonchev–Trinajstić information content (AvgIpc) is 2.71. The molecule has 1 fully saturated rings. The Bertz CT molecular complexity index is 487. The number of hydrogen-bond donors (Lipinski definition) is 1. The number of nitrogens with one attached hydrogen (secondary N) is 1.